The Bertz CT molecular complexity index is 162. The molecule has 0 aromatic carbocycles. The van der Waals surface area contributed by atoms with E-state index in [1.807, 2.05) is 6.55 Å². The second-order valence-electron chi connectivity index (χ2n) is 3.01. The fourth-order valence-corrected chi connectivity index (χ4v) is 5.90. The summed E-state index contributed by atoms with van der Waals surface area (Å²) in [5.74, 6) is 0. The van der Waals surface area contributed by atoms with E-state index >= 15 is 0 Å². The Morgan fingerprint density at radius 3 is 1.85 bits per heavy atom. The highest BCUT2D eigenvalue weighted by Gasteiger charge is 2.50. The molecule has 0 aromatic heterocycles. The standard InChI is InChI=1S/C6H16O5Si2/c1-7-12(4)5-11-13(8-2,9-3)6-10-12/h5-6H2,1-4H3. The summed E-state index contributed by atoms with van der Waals surface area (Å²) in [5, 5.41) is 0. The minimum Gasteiger partial charge on any atom is -0.396 e. The molecular weight excluding hydrogens is 208 g/mol. The first-order valence-electron chi connectivity index (χ1n) is 4.03. The van der Waals surface area contributed by atoms with E-state index in [0.29, 0.717) is 12.5 Å². The maximum Gasteiger partial charge on any atom is 0.526 e. The lowest BCUT2D eigenvalue weighted by atomic mass is 11.7. The van der Waals surface area contributed by atoms with E-state index in [0.717, 1.165) is 0 Å². The molecule has 5 nitrogen and oxygen atoms in total. The summed E-state index contributed by atoms with van der Waals surface area (Å²) in [6.45, 7) is 1.96. The van der Waals surface area contributed by atoms with Gasteiger partial charge in [-0.1, -0.05) is 0 Å². The fraction of sp³-hybridized carbons (Fsp3) is 1.00. The van der Waals surface area contributed by atoms with Crippen LogP contribution in [0.5, 0.6) is 0 Å². The lowest BCUT2D eigenvalue weighted by molar-refractivity contribution is 0.0446. The Labute approximate surface area is 80.5 Å². The first-order valence-corrected chi connectivity index (χ1v) is 8.49. The average molecular weight is 224 g/mol. The van der Waals surface area contributed by atoms with Gasteiger partial charge in [-0.2, -0.15) is 0 Å². The fourth-order valence-electron chi connectivity index (χ4n) is 1.00. The average Bonchev–Trinajstić information content (AvgIpc) is 2.20. The molecule has 1 aliphatic heterocycles. The number of rotatable bonds is 3. The van der Waals surface area contributed by atoms with E-state index in [1.54, 1.807) is 21.3 Å². The van der Waals surface area contributed by atoms with Crippen LogP contribution >= 0.6 is 0 Å². The third-order valence-electron chi connectivity index (χ3n) is 2.16. The van der Waals surface area contributed by atoms with Crippen molar-refractivity contribution in [2.45, 2.75) is 6.55 Å². The van der Waals surface area contributed by atoms with Crippen LogP contribution < -0.4 is 0 Å². The van der Waals surface area contributed by atoms with Crippen LogP contribution in [0.1, 0.15) is 0 Å². The Balaban J connectivity index is 2.54. The molecule has 0 amide bonds. The van der Waals surface area contributed by atoms with Crippen LogP contribution in [-0.4, -0.2) is 51.2 Å². The highest BCUT2D eigenvalue weighted by molar-refractivity contribution is 6.71. The Kier molecular flexibility index (Phi) is 3.63. The molecule has 1 unspecified atom stereocenters. The van der Waals surface area contributed by atoms with Gasteiger partial charge in [0.1, 0.15) is 6.23 Å². The van der Waals surface area contributed by atoms with E-state index in [9.17, 15) is 0 Å². The zero-order valence-electron chi connectivity index (χ0n) is 8.46. The second-order valence-corrected chi connectivity index (χ2v) is 9.02. The van der Waals surface area contributed by atoms with Gasteiger partial charge in [-0.05, 0) is 6.55 Å². The largest absolute Gasteiger partial charge is 0.526 e. The molecule has 0 aliphatic carbocycles. The highest BCUT2D eigenvalue weighted by atomic mass is 28.4. The van der Waals surface area contributed by atoms with Gasteiger partial charge in [0.05, 0.1) is 6.23 Å². The van der Waals surface area contributed by atoms with Crippen molar-refractivity contribution in [1.82, 2.24) is 0 Å². The molecule has 1 saturated heterocycles. The van der Waals surface area contributed by atoms with E-state index in [2.05, 4.69) is 0 Å². The molecule has 0 aromatic rings. The first-order chi connectivity index (χ1) is 6.10. The highest BCUT2D eigenvalue weighted by Crippen LogP contribution is 2.20. The maximum absolute atomic E-state index is 5.62. The van der Waals surface area contributed by atoms with Gasteiger partial charge in [0.25, 0.3) is 0 Å². The van der Waals surface area contributed by atoms with Crippen LogP contribution in [0, 0.1) is 0 Å². The molecule has 1 rings (SSSR count). The van der Waals surface area contributed by atoms with Crippen molar-refractivity contribution >= 4 is 17.4 Å². The normalized spacial score (nSPS) is 33.2. The molecule has 0 spiro atoms. The summed E-state index contributed by atoms with van der Waals surface area (Å²) in [4.78, 5) is 0. The molecule has 0 radical (unpaired) electrons. The lowest BCUT2D eigenvalue weighted by Gasteiger charge is -2.37. The van der Waals surface area contributed by atoms with Gasteiger partial charge in [0, 0.05) is 21.3 Å². The van der Waals surface area contributed by atoms with Crippen molar-refractivity contribution in [1.29, 1.82) is 0 Å². The predicted octanol–water partition coefficient (Wildman–Crippen LogP) is 0.0617. The molecule has 0 N–H and O–H groups in total. The van der Waals surface area contributed by atoms with E-state index in [4.69, 9.17) is 22.1 Å². The van der Waals surface area contributed by atoms with E-state index < -0.39 is 17.4 Å². The molecule has 1 aliphatic rings. The van der Waals surface area contributed by atoms with Crippen molar-refractivity contribution in [3.05, 3.63) is 0 Å². The molecule has 0 saturated carbocycles. The molecule has 0 bridgehead atoms. The molecule has 1 atom stereocenters. The summed E-state index contributed by atoms with van der Waals surface area (Å²) < 4.78 is 26.9. The third-order valence-corrected chi connectivity index (χ3v) is 7.35. The summed E-state index contributed by atoms with van der Waals surface area (Å²) in [7, 11) is 0.219. The zero-order chi connectivity index (χ0) is 9.95. The van der Waals surface area contributed by atoms with Crippen molar-refractivity contribution in [3.8, 4) is 0 Å². The van der Waals surface area contributed by atoms with E-state index in [1.165, 1.54) is 0 Å². The molecule has 13 heavy (non-hydrogen) atoms. The molecule has 1 fully saturated rings. The number of hydrogen-bond acceptors (Lipinski definition) is 5. The molecule has 1 heterocycles. The van der Waals surface area contributed by atoms with Crippen molar-refractivity contribution in [3.63, 3.8) is 0 Å². The Hall–Kier alpha value is 0.234. The minimum absolute atomic E-state index is 0.385. The van der Waals surface area contributed by atoms with Crippen molar-refractivity contribution < 1.29 is 22.1 Å². The summed E-state index contributed by atoms with van der Waals surface area (Å²) in [5.41, 5.74) is 0. The Morgan fingerprint density at radius 1 is 0.923 bits per heavy atom. The maximum atomic E-state index is 5.62. The van der Waals surface area contributed by atoms with Crippen molar-refractivity contribution in [2.24, 2.45) is 0 Å². The molecule has 7 heteroatoms. The first kappa shape index (κ1) is 11.3. The van der Waals surface area contributed by atoms with Crippen LogP contribution in [0.4, 0.5) is 0 Å². The van der Waals surface area contributed by atoms with Gasteiger partial charge in [0.15, 0.2) is 0 Å². The topological polar surface area (TPSA) is 46.2 Å². The van der Waals surface area contributed by atoms with Gasteiger partial charge in [-0.25, -0.2) is 0 Å². The van der Waals surface area contributed by atoms with Crippen LogP contribution in [0.2, 0.25) is 6.55 Å². The van der Waals surface area contributed by atoms with Gasteiger partial charge >= 0.3 is 17.4 Å². The van der Waals surface area contributed by atoms with Gasteiger partial charge in [-0.15, -0.1) is 0 Å². The van der Waals surface area contributed by atoms with Gasteiger partial charge < -0.3 is 22.1 Å². The van der Waals surface area contributed by atoms with Gasteiger partial charge in [0.2, 0.25) is 0 Å². The smallest absolute Gasteiger partial charge is 0.396 e. The SMILES string of the molecule is CO[Si]1(C)CO[Si](OC)(OC)CO1. The monoisotopic (exact) mass is 224 g/mol. The summed E-state index contributed by atoms with van der Waals surface area (Å²) in [6, 6.07) is 0. The van der Waals surface area contributed by atoms with Crippen LogP contribution in [0.3, 0.4) is 0 Å². The van der Waals surface area contributed by atoms with Crippen molar-refractivity contribution in [2.75, 3.05) is 33.8 Å². The summed E-state index contributed by atoms with van der Waals surface area (Å²) >= 11 is 0. The summed E-state index contributed by atoms with van der Waals surface area (Å²) in [6.07, 6.45) is 0.855. The lowest BCUT2D eigenvalue weighted by Crippen LogP contribution is -2.62. The van der Waals surface area contributed by atoms with Crippen LogP contribution in [0.15, 0.2) is 0 Å². The molecular formula is C6H16O5Si2. The quantitative estimate of drug-likeness (QED) is 0.635. The minimum atomic E-state index is -2.50. The van der Waals surface area contributed by atoms with Gasteiger partial charge in [-0.3, -0.25) is 0 Å². The molecule has 78 valence electrons. The second kappa shape index (κ2) is 4.17. The third kappa shape index (κ3) is 2.37. The number of hydrogen-bond donors (Lipinski definition) is 0. The zero-order valence-corrected chi connectivity index (χ0v) is 10.5. The van der Waals surface area contributed by atoms with Crippen LogP contribution in [-0.2, 0) is 22.1 Å². The Morgan fingerprint density at radius 2 is 1.54 bits per heavy atom. The van der Waals surface area contributed by atoms with Crippen LogP contribution in [0.25, 0.3) is 0 Å². The predicted molar refractivity (Wildman–Crippen MR) is 50.3 cm³/mol. The van der Waals surface area contributed by atoms with E-state index in [-0.39, 0.29) is 0 Å².